The number of benzene rings is 1. The van der Waals surface area contributed by atoms with Crippen LogP contribution in [0.1, 0.15) is 29.6 Å². The number of alkyl halides is 1. The zero-order valence-corrected chi connectivity index (χ0v) is 10.5. The second-order valence-corrected chi connectivity index (χ2v) is 5.23. The van der Waals surface area contributed by atoms with Crippen LogP contribution in [0.4, 0.5) is 8.78 Å². The second-order valence-electron chi connectivity index (χ2n) is 4.61. The molecular formula is C13H14ClF2NO. The fourth-order valence-electron chi connectivity index (χ4n) is 2.20. The maximum Gasteiger partial charge on any atom is 0.254 e. The van der Waals surface area contributed by atoms with Gasteiger partial charge in [-0.1, -0.05) is 0 Å². The molecule has 1 aromatic carbocycles. The molecule has 0 saturated heterocycles. The summed E-state index contributed by atoms with van der Waals surface area (Å²) in [4.78, 5) is 11.7. The van der Waals surface area contributed by atoms with E-state index in [0.29, 0.717) is 12.5 Å². The molecule has 1 amide bonds. The van der Waals surface area contributed by atoms with Gasteiger partial charge in [-0.05, 0) is 43.4 Å². The van der Waals surface area contributed by atoms with E-state index in [9.17, 15) is 13.6 Å². The van der Waals surface area contributed by atoms with E-state index < -0.39 is 17.5 Å². The lowest BCUT2D eigenvalue weighted by Crippen LogP contribution is -2.29. The van der Waals surface area contributed by atoms with Gasteiger partial charge in [-0.15, -0.1) is 11.6 Å². The summed E-state index contributed by atoms with van der Waals surface area (Å²) < 4.78 is 26.3. The number of rotatable bonds is 3. The number of hydrogen-bond donors (Lipinski definition) is 1. The Hall–Kier alpha value is -1.16. The minimum atomic E-state index is -0.712. The zero-order valence-electron chi connectivity index (χ0n) is 9.76. The number of halogens is 3. The van der Waals surface area contributed by atoms with Crippen molar-refractivity contribution in [2.24, 2.45) is 5.92 Å². The molecule has 1 N–H and O–H groups in total. The van der Waals surface area contributed by atoms with Gasteiger partial charge >= 0.3 is 0 Å². The molecule has 1 saturated carbocycles. The molecule has 0 aliphatic heterocycles. The summed E-state index contributed by atoms with van der Waals surface area (Å²) in [5, 5.41) is 2.79. The number of carbonyl (C=O) groups excluding carboxylic acids is 1. The van der Waals surface area contributed by atoms with E-state index in [4.69, 9.17) is 11.6 Å². The summed E-state index contributed by atoms with van der Waals surface area (Å²) in [5.41, 5.74) is -0.254. The van der Waals surface area contributed by atoms with Gasteiger partial charge < -0.3 is 5.32 Å². The first-order chi connectivity index (χ1) is 8.56. The molecule has 0 aromatic heterocycles. The maximum absolute atomic E-state index is 13.3. The Kier molecular flexibility index (Phi) is 4.17. The molecule has 18 heavy (non-hydrogen) atoms. The average molecular weight is 274 g/mol. The van der Waals surface area contributed by atoms with Crippen molar-refractivity contribution in [3.05, 3.63) is 35.4 Å². The van der Waals surface area contributed by atoms with E-state index in [1.165, 1.54) is 0 Å². The third-order valence-electron chi connectivity index (χ3n) is 3.20. The molecule has 2 nitrogen and oxygen atoms in total. The van der Waals surface area contributed by atoms with Crippen LogP contribution in [0.2, 0.25) is 0 Å². The molecule has 1 aromatic rings. The average Bonchev–Trinajstić information content (AvgIpc) is 2.75. The van der Waals surface area contributed by atoms with Crippen molar-refractivity contribution in [1.82, 2.24) is 5.32 Å². The first-order valence-electron chi connectivity index (χ1n) is 5.93. The van der Waals surface area contributed by atoms with Crippen molar-refractivity contribution >= 4 is 17.5 Å². The maximum atomic E-state index is 13.3. The van der Waals surface area contributed by atoms with Gasteiger partial charge in [0.25, 0.3) is 5.91 Å². The Morgan fingerprint density at radius 3 is 2.83 bits per heavy atom. The highest BCUT2D eigenvalue weighted by Crippen LogP contribution is 2.28. The van der Waals surface area contributed by atoms with Crippen LogP contribution in [0, 0.1) is 17.6 Å². The smallest absolute Gasteiger partial charge is 0.254 e. The molecule has 98 valence electrons. The van der Waals surface area contributed by atoms with Crippen LogP contribution in [0.25, 0.3) is 0 Å². The van der Waals surface area contributed by atoms with Crippen LogP contribution in [0.15, 0.2) is 18.2 Å². The van der Waals surface area contributed by atoms with E-state index in [2.05, 4.69) is 5.32 Å². The van der Waals surface area contributed by atoms with Gasteiger partial charge in [0, 0.05) is 11.9 Å². The summed E-state index contributed by atoms with van der Waals surface area (Å²) in [6.07, 6.45) is 2.75. The predicted molar refractivity (Wildman–Crippen MR) is 65.7 cm³/mol. The van der Waals surface area contributed by atoms with Crippen LogP contribution >= 0.6 is 11.6 Å². The Morgan fingerprint density at radius 1 is 1.39 bits per heavy atom. The molecule has 0 bridgehead atoms. The van der Waals surface area contributed by atoms with Gasteiger partial charge in [0.15, 0.2) is 0 Å². The Balaban J connectivity index is 1.93. The monoisotopic (exact) mass is 273 g/mol. The number of amides is 1. The number of carbonyl (C=O) groups is 1. The Morgan fingerprint density at radius 2 is 2.17 bits per heavy atom. The normalized spacial score (nSPS) is 23.1. The van der Waals surface area contributed by atoms with Crippen molar-refractivity contribution in [3.8, 4) is 0 Å². The number of nitrogens with one attached hydrogen (secondary N) is 1. The minimum absolute atomic E-state index is 0.165. The van der Waals surface area contributed by atoms with Gasteiger partial charge in [0.05, 0.1) is 5.56 Å². The van der Waals surface area contributed by atoms with Gasteiger partial charge in [-0.3, -0.25) is 4.79 Å². The van der Waals surface area contributed by atoms with Crippen LogP contribution in [-0.4, -0.2) is 17.8 Å². The standard InChI is InChI=1S/C13H14ClF2NO/c14-9-2-1-8(5-9)7-17-13(18)11-6-10(15)3-4-12(11)16/h3-4,6,8-9H,1-2,5,7H2,(H,17,18). The van der Waals surface area contributed by atoms with Gasteiger partial charge in [0.2, 0.25) is 0 Å². The van der Waals surface area contributed by atoms with E-state index in [0.717, 1.165) is 37.5 Å². The molecule has 2 atom stereocenters. The molecule has 1 aliphatic carbocycles. The van der Waals surface area contributed by atoms with Gasteiger partial charge in [-0.25, -0.2) is 8.78 Å². The van der Waals surface area contributed by atoms with Crippen molar-refractivity contribution in [3.63, 3.8) is 0 Å². The van der Waals surface area contributed by atoms with Crippen LogP contribution in [0.5, 0.6) is 0 Å². The second kappa shape index (κ2) is 5.65. The Labute approximate surface area is 109 Å². The van der Waals surface area contributed by atoms with Crippen molar-refractivity contribution in [2.45, 2.75) is 24.6 Å². The SMILES string of the molecule is O=C(NCC1CCC(Cl)C1)c1cc(F)ccc1F. The molecule has 0 spiro atoms. The highest BCUT2D eigenvalue weighted by Gasteiger charge is 2.23. The lowest BCUT2D eigenvalue weighted by molar-refractivity contribution is 0.0943. The van der Waals surface area contributed by atoms with Gasteiger partial charge in [-0.2, -0.15) is 0 Å². The highest BCUT2D eigenvalue weighted by atomic mass is 35.5. The molecule has 2 unspecified atom stereocenters. The fraction of sp³-hybridized carbons (Fsp3) is 0.462. The summed E-state index contributed by atoms with van der Waals surface area (Å²) in [5.74, 6) is -1.59. The van der Waals surface area contributed by atoms with Crippen LogP contribution < -0.4 is 5.32 Å². The van der Waals surface area contributed by atoms with Crippen molar-refractivity contribution in [2.75, 3.05) is 6.54 Å². The van der Waals surface area contributed by atoms with Gasteiger partial charge in [0.1, 0.15) is 11.6 Å². The van der Waals surface area contributed by atoms with E-state index in [1.54, 1.807) is 0 Å². The first-order valence-corrected chi connectivity index (χ1v) is 6.37. The molecule has 2 rings (SSSR count). The molecule has 0 heterocycles. The van der Waals surface area contributed by atoms with Crippen molar-refractivity contribution < 1.29 is 13.6 Å². The lowest BCUT2D eigenvalue weighted by Gasteiger charge is -2.11. The van der Waals surface area contributed by atoms with E-state index in [-0.39, 0.29) is 10.9 Å². The minimum Gasteiger partial charge on any atom is -0.352 e. The lowest BCUT2D eigenvalue weighted by atomic mass is 10.1. The summed E-state index contributed by atoms with van der Waals surface area (Å²) in [7, 11) is 0. The summed E-state index contributed by atoms with van der Waals surface area (Å²) in [6.45, 7) is 0.456. The molecular weight excluding hydrogens is 260 g/mol. The fourth-order valence-corrected chi connectivity index (χ4v) is 2.58. The molecule has 1 aliphatic rings. The predicted octanol–water partition coefficient (Wildman–Crippen LogP) is 3.10. The zero-order chi connectivity index (χ0) is 13.1. The molecule has 1 fully saturated rings. The van der Waals surface area contributed by atoms with Crippen LogP contribution in [0.3, 0.4) is 0 Å². The van der Waals surface area contributed by atoms with Crippen LogP contribution in [-0.2, 0) is 0 Å². The van der Waals surface area contributed by atoms with Crippen molar-refractivity contribution in [1.29, 1.82) is 0 Å². The number of hydrogen-bond acceptors (Lipinski definition) is 1. The van der Waals surface area contributed by atoms with E-state index >= 15 is 0 Å². The first kappa shape index (κ1) is 13.3. The summed E-state index contributed by atoms with van der Waals surface area (Å²) >= 11 is 5.96. The molecule has 5 heteroatoms. The van der Waals surface area contributed by atoms with E-state index in [1.807, 2.05) is 0 Å². The molecule has 0 radical (unpaired) electrons. The quantitative estimate of drug-likeness (QED) is 0.843. The third kappa shape index (κ3) is 3.19. The Bertz CT molecular complexity index is 453. The third-order valence-corrected chi connectivity index (χ3v) is 3.60. The topological polar surface area (TPSA) is 29.1 Å². The summed E-state index contributed by atoms with van der Waals surface area (Å²) in [6, 6.07) is 2.85. The highest BCUT2D eigenvalue weighted by molar-refractivity contribution is 6.20. The largest absolute Gasteiger partial charge is 0.352 e.